The lowest BCUT2D eigenvalue weighted by Gasteiger charge is -2.32. The number of aromatic hydroxyl groups is 1. The van der Waals surface area contributed by atoms with Gasteiger partial charge in [-0.15, -0.1) is 5.10 Å². The number of aliphatic carboxylic acids is 1. The lowest BCUT2D eigenvalue weighted by Crippen LogP contribution is -2.41. The first kappa shape index (κ1) is 82.9. The highest BCUT2D eigenvalue weighted by atomic mass is 19.4. The Hall–Kier alpha value is -11.6. The minimum Gasteiger partial charge on any atom is -0.508 e. The summed E-state index contributed by atoms with van der Waals surface area (Å²) in [5.41, 5.74) is 1.30. The number of methoxy groups -OCH3 is 1. The topological polar surface area (TPSA) is 363 Å². The van der Waals surface area contributed by atoms with E-state index in [1.54, 1.807) is 81.6 Å². The number of alkyl halides is 3. The number of esters is 2. The smallest absolute Gasteiger partial charge is 0.494 e. The number of benzene rings is 6. The molecule has 3 aromatic heterocycles. The summed E-state index contributed by atoms with van der Waals surface area (Å²) < 4.78 is 106. The molecule has 596 valence electrons. The van der Waals surface area contributed by atoms with E-state index in [9.17, 15) is 27.6 Å². The highest BCUT2D eigenvalue weighted by Crippen LogP contribution is 2.39. The number of aromatic carboxylic acids is 1. The van der Waals surface area contributed by atoms with Gasteiger partial charge in [0, 0.05) is 24.3 Å². The van der Waals surface area contributed by atoms with Gasteiger partial charge >= 0.3 is 37.2 Å². The number of nitrogens with one attached hydrogen (secondary N) is 2. The second-order valence-electron chi connectivity index (χ2n) is 27.9. The van der Waals surface area contributed by atoms with E-state index in [-0.39, 0.29) is 72.0 Å². The van der Waals surface area contributed by atoms with E-state index in [0.29, 0.717) is 60.5 Å². The maximum atomic E-state index is 12.4. The molecule has 5 saturated carbocycles. The molecular weight excluding hydrogens is 1460 g/mol. The van der Waals surface area contributed by atoms with Crippen molar-refractivity contribution in [3.05, 3.63) is 168 Å². The van der Waals surface area contributed by atoms with Crippen molar-refractivity contribution in [2.45, 2.75) is 130 Å². The fourth-order valence-electron chi connectivity index (χ4n) is 9.81. The van der Waals surface area contributed by atoms with Crippen LogP contribution in [0.3, 0.4) is 0 Å². The van der Waals surface area contributed by atoms with Crippen molar-refractivity contribution in [2.24, 2.45) is 29.6 Å². The van der Waals surface area contributed by atoms with E-state index in [2.05, 4.69) is 68.8 Å². The predicted molar refractivity (Wildman–Crippen MR) is 398 cm³/mol. The molecule has 6 fully saturated rings. The van der Waals surface area contributed by atoms with Gasteiger partial charge in [0.25, 0.3) is 17.6 Å². The Morgan fingerprint density at radius 1 is 0.509 bits per heavy atom. The minimum absolute atomic E-state index is 0.0275. The Morgan fingerprint density at radius 3 is 1.30 bits per heavy atom. The molecule has 4 heterocycles. The summed E-state index contributed by atoms with van der Waals surface area (Å²) in [6.45, 7) is 16.4. The lowest BCUT2D eigenvalue weighted by atomic mass is 9.79. The van der Waals surface area contributed by atoms with Crippen molar-refractivity contribution in [2.75, 3.05) is 53.4 Å². The third-order valence-electron chi connectivity index (χ3n) is 17.8. The maximum Gasteiger partial charge on any atom is 0.494 e. The SMILES string of the molecule is CC1(C)OB(c2cccc(OCC3CC3)c2)OC1(C)C.CCOC(=O)c1[nH]nnc1Oc1cccc(OCC2CC2)c1.CCOC(=O)c1nnn(Cc2ccc(OC)cc2)c1Oc1cccc(OCC2CC2)c1.O=C(O)C(F)(F)F.O=C(O)c1[nH]nnc1Oc1cccc(OCC2CC2)c1.Oc1cccc(OCC2CC2)c1. The Morgan fingerprint density at radius 2 is 0.893 bits per heavy atom. The number of carbonyl (C=O) groups excluding carboxylic acids is 2. The van der Waals surface area contributed by atoms with E-state index in [1.165, 1.54) is 68.9 Å². The molecule has 5 aliphatic carbocycles. The Kier molecular flexibility index (Phi) is 29.1. The molecule has 15 rings (SSSR count). The zero-order valence-corrected chi connectivity index (χ0v) is 63.1. The fraction of sp³-hybridized carbons (Fsp3) is 0.418. The van der Waals surface area contributed by atoms with Crippen LogP contribution in [0.2, 0.25) is 0 Å². The molecule has 0 atom stereocenters. The molecule has 112 heavy (non-hydrogen) atoms. The van der Waals surface area contributed by atoms with Crippen LogP contribution in [0.25, 0.3) is 0 Å². The summed E-state index contributed by atoms with van der Waals surface area (Å²) in [4.78, 5) is 43.9. The number of nitrogens with zero attached hydrogens (tertiary/aromatic N) is 7. The number of hydrogen-bond donors (Lipinski definition) is 5. The van der Waals surface area contributed by atoms with Gasteiger partial charge in [0.2, 0.25) is 17.1 Å². The monoisotopic (exact) mass is 1550 g/mol. The number of aromatic nitrogens is 9. The minimum atomic E-state index is -5.08. The summed E-state index contributed by atoms with van der Waals surface area (Å²) in [5.74, 6) is 4.99. The number of rotatable bonds is 30. The lowest BCUT2D eigenvalue weighted by molar-refractivity contribution is -0.192. The molecular formula is C79H91BF3N9O20. The van der Waals surface area contributed by atoms with Gasteiger partial charge in [0.05, 0.1) is 71.1 Å². The molecule has 9 aromatic rings. The van der Waals surface area contributed by atoms with Crippen LogP contribution in [0.1, 0.15) is 143 Å². The van der Waals surface area contributed by atoms with Gasteiger partial charge in [0.15, 0.2) is 0 Å². The molecule has 29 nitrogen and oxygen atoms in total. The van der Waals surface area contributed by atoms with Gasteiger partial charge in [-0.25, -0.2) is 34.1 Å². The average Bonchev–Trinajstić information content (AvgIpc) is 1.63. The number of phenols is 1. The van der Waals surface area contributed by atoms with E-state index in [0.717, 1.165) is 71.4 Å². The van der Waals surface area contributed by atoms with Crippen LogP contribution in [0, 0.1) is 29.6 Å². The number of carbonyl (C=O) groups is 4. The Labute approximate surface area is 644 Å². The van der Waals surface area contributed by atoms with Crippen LogP contribution in [0.4, 0.5) is 13.2 Å². The quantitative estimate of drug-likeness (QED) is 0.0206. The van der Waals surface area contributed by atoms with Gasteiger partial charge in [-0.2, -0.15) is 13.2 Å². The summed E-state index contributed by atoms with van der Waals surface area (Å²) in [7, 11) is 1.30. The van der Waals surface area contributed by atoms with Crippen LogP contribution < -0.4 is 48.1 Å². The number of hydrogen-bond acceptors (Lipinski definition) is 24. The van der Waals surface area contributed by atoms with E-state index < -0.39 is 30.1 Å². The Bertz CT molecular complexity index is 4510. The first-order chi connectivity index (χ1) is 53.8. The van der Waals surface area contributed by atoms with Gasteiger partial charge < -0.3 is 76.7 Å². The van der Waals surface area contributed by atoms with Crippen LogP contribution in [-0.4, -0.2) is 163 Å². The normalized spacial score (nSPS) is 15.5. The van der Waals surface area contributed by atoms with Gasteiger partial charge in [0.1, 0.15) is 57.5 Å². The van der Waals surface area contributed by atoms with Crippen LogP contribution in [0.15, 0.2) is 146 Å². The zero-order chi connectivity index (χ0) is 79.8. The Balaban J connectivity index is 0.000000149. The maximum absolute atomic E-state index is 12.4. The standard InChI is InChI=1S/C23H25N3O5.C16H23BO3.C15H17N3O4.C13H13N3O4.C10H12O2.C2HF3O2/c1-3-29-23(27)21-22(26(25-24-21)14-16-9-11-18(28-2)12-10-16)31-20-6-4-5-19(13-20)30-15-17-7-8-17;1-15(2)16(3,4)20-17(19-15)13-6-5-7-14(10-13)18-11-12-8-9-12;1-2-20-15(19)13-14(17-18-16-13)22-12-5-3-4-11(8-12)21-9-10-6-7-10;17-13(18)11-12(15-16-14-11)20-10-3-1-2-9(6-10)19-7-8-4-5-8;11-9-2-1-3-10(6-9)12-7-8-4-5-8;3-2(4,5)1(6)7/h4-6,9-13,17H,3,7-8,14-15H2,1-2H3;5-7,10,12H,8-9,11H2,1-4H3;3-5,8,10H,2,6-7,9H2,1H3,(H,16,17,18);1-3,6,8H,4-5,7H2,(H,17,18)(H,14,15,16);1-3,6,8,11H,4-5,7H2;(H,6,7). The van der Waals surface area contributed by atoms with E-state index in [4.69, 9.17) is 81.5 Å². The van der Waals surface area contributed by atoms with Crippen molar-refractivity contribution in [3.63, 3.8) is 0 Å². The number of carboxylic acid groups (broad SMARTS) is 2. The number of phenolic OH excluding ortho intramolecular Hbond substituents is 1. The summed E-state index contributed by atoms with van der Waals surface area (Å²) in [5, 5.41) is 52.4. The van der Waals surface area contributed by atoms with Gasteiger partial charge in [-0.1, -0.05) is 74.4 Å². The molecule has 33 heteroatoms. The molecule has 0 spiro atoms. The summed E-state index contributed by atoms with van der Waals surface area (Å²) in [6.07, 6.45) is 7.44. The molecule has 0 unspecified atom stereocenters. The van der Waals surface area contributed by atoms with Crippen molar-refractivity contribution in [1.29, 1.82) is 0 Å². The van der Waals surface area contributed by atoms with Crippen LogP contribution >= 0.6 is 0 Å². The van der Waals surface area contributed by atoms with Crippen molar-refractivity contribution < 1.29 is 109 Å². The average molecular weight is 1550 g/mol. The molecule has 5 N–H and O–H groups in total. The number of halogens is 3. The first-order valence-corrected chi connectivity index (χ1v) is 36.8. The van der Waals surface area contributed by atoms with Crippen molar-refractivity contribution in [1.82, 2.24) is 45.8 Å². The largest absolute Gasteiger partial charge is 0.508 e. The second kappa shape index (κ2) is 39.3. The zero-order valence-electron chi connectivity index (χ0n) is 63.1. The van der Waals surface area contributed by atoms with E-state index >= 15 is 0 Å². The van der Waals surface area contributed by atoms with E-state index in [1.807, 2.05) is 84.9 Å². The third-order valence-corrected chi connectivity index (χ3v) is 17.8. The molecule has 0 bridgehead atoms. The number of aromatic amines is 2. The first-order valence-electron chi connectivity index (χ1n) is 36.8. The van der Waals surface area contributed by atoms with Gasteiger partial charge in [-0.05, 0) is 219 Å². The molecule has 0 amide bonds. The van der Waals surface area contributed by atoms with Crippen molar-refractivity contribution >= 4 is 36.5 Å². The summed E-state index contributed by atoms with van der Waals surface area (Å²) >= 11 is 0. The van der Waals surface area contributed by atoms with Crippen LogP contribution in [0.5, 0.6) is 75.1 Å². The van der Waals surface area contributed by atoms with Gasteiger partial charge in [-0.3, -0.25) is 0 Å². The molecule has 6 aliphatic rings. The molecule has 1 aliphatic heterocycles. The fourth-order valence-corrected chi connectivity index (χ4v) is 9.81. The number of carboxylic acids is 2. The predicted octanol–water partition coefficient (Wildman–Crippen LogP) is 14.3. The number of ether oxygens (including phenoxy) is 11. The summed E-state index contributed by atoms with van der Waals surface area (Å²) in [6, 6.07) is 44.1. The molecule has 6 aromatic carbocycles. The number of H-pyrrole nitrogens is 2. The third kappa shape index (κ3) is 26.9. The highest BCUT2D eigenvalue weighted by Gasteiger charge is 2.52. The molecule has 1 saturated heterocycles. The molecule has 0 radical (unpaired) electrons. The van der Waals surface area contributed by atoms with Crippen molar-refractivity contribution in [3.8, 4) is 75.1 Å². The van der Waals surface area contributed by atoms with Crippen LogP contribution in [-0.2, 0) is 30.1 Å². The highest BCUT2D eigenvalue weighted by molar-refractivity contribution is 6.62. The second-order valence-corrected chi connectivity index (χ2v) is 27.9.